The Kier molecular flexibility index (Phi) is 8.70. The molecule has 1 aromatic carbocycles. The number of carbonyl (C=O) groups excluding carboxylic acids is 2. The lowest BCUT2D eigenvalue weighted by atomic mass is 10.2. The van der Waals surface area contributed by atoms with Gasteiger partial charge in [-0.15, -0.1) is 0 Å². The van der Waals surface area contributed by atoms with Crippen LogP contribution < -0.4 is 15.4 Å². The number of nitrogens with zero attached hydrogens (tertiary/aromatic N) is 2. The lowest BCUT2D eigenvalue weighted by molar-refractivity contribution is -0.136. The van der Waals surface area contributed by atoms with Crippen molar-refractivity contribution in [1.29, 1.82) is 0 Å². The van der Waals surface area contributed by atoms with Gasteiger partial charge in [-0.05, 0) is 89.8 Å². The number of anilines is 1. The van der Waals surface area contributed by atoms with Crippen LogP contribution in [0.2, 0.25) is 0 Å². The molecule has 1 aliphatic rings. The second kappa shape index (κ2) is 11.7. The Morgan fingerprint density at radius 3 is 2.44 bits per heavy atom. The maximum atomic E-state index is 12.4. The number of amides is 2. The molecule has 1 saturated heterocycles. The molecule has 174 valence electrons. The maximum Gasteiger partial charge on any atom is 0.313 e. The molecule has 0 spiro atoms. The zero-order chi connectivity index (χ0) is 22.9. The number of rotatable bonds is 10. The molecule has 2 N–H and O–H groups in total. The number of nitrogens with one attached hydrogen (secondary N) is 2. The molecule has 1 aromatic heterocycles. The van der Waals surface area contributed by atoms with Crippen LogP contribution in [0.4, 0.5) is 5.69 Å². The van der Waals surface area contributed by atoms with Crippen molar-refractivity contribution >= 4 is 17.5 Å². The topological polar surface area (TPSA) is 87.0 Å². The Morgan fingerprint density at radius 1 is 1.09 bits per heavy atom. The number of aryl methyl sites for hydroxylation is 1. The van der Waals surface area contributed by atoms with Crippen LogP contribution in [-0.4, -0.2) is 68.5 Å². The number of hydrogen-bond acceptors (Lipinski definition) is 6. The highest BCUT2D eigenvalue weighted by atomic mass is 16.5. The molecule has 0 saturated carbocycles. The van der Waals surface area contributed by atoms with E-state index in [-0.39, 0.29) is 6.04 Å². The summed E-state index contributed by atoms with van der Waals surface area (Å²) in [6.45, 7) is 5.71. The third-order valence-electron chi connectivity index (χ3n) is 5.46. The Balaban J connectivity index is 1.48. The first-order valence-corrected chi connectivity index (χ1v) is 11.2. The van der Waals surface area contributed by atoms with Crippen LogP contribution in [-0.2, 0) is 9.59 Å². The second-order valence-electron chi connectivity index (χ2n) is 8.40. The van der Waals surface area contributed by atoms with Gasteiger partial charge < -0.3 is 24.7 Å². The molecule has 2 heterocycles. The van der Waals surface area contributed by atoms with Gasteiger partial charge in [-0.1, -0.05) is 0 Å². The highest BCUT2D eigenvalue weighted by Crippen LogP contribution is 2.26. The van der Waals surface area contributed by atoms with E-state index in [9.17, 15) is 9.59 Å². The third-order valence-corrected chi connectivity index (χ3v) is 5.46. The lowest BCUT2D eigenvalue weighted by Gasteiger charge is -2.25. The number of likely N-dealkylation sites (tertiary alicyclic amines) is 1. The Hall–Kier alpha value is -2.84. The normalized spacial score (nSPS) is 15.0. The maximum absolute atomic E-state index is 12.4. The average molecular weight is 443 g/mol. The molecule has 0 aliphatic carbocycles. The molecule has 1 aliphatic heterocycles. The van der Waals surface area contributed by atoms with E-state index in [1.807, 2.05) is 33.2 Å². The highest BCUT2D eigenvalue weighted by molar-refractivity contribution is 6.39. The lowest BCUT2D eigenvalue weighted by Crippen LogP contribution is -2.41. The van der Waals surface area contributed by atoms with Gasteiger partial charge in [0, 0.05) is 18.8 Å². The predicted molar refractivity (Wildman–Crippen MR) is 124 cm³/mol. The fraction of sp³-hybridized carbons (Fsp3) is 0.500. The Labute approximate surface area is 189 Å². The summed E-state index contributed by atoms with van der Waals surface area (Å²) in [5, 5.41) is 5.40. The summed E-state index contributed by atoms with van der Waals surface area (Å²) in [7, 11) is 4.05. The SMILES string of the molecule is Cc1ccc(C(CNC(=O)C(=O)Nc2ccc(OCCCN(C)C)cc2)N2CCCC2)o1. The van der Waals surface area contributed by atoms with Crippen LogP contribution in [0, 0.1) is 6.92 Å². The predicted octanol–water partition coefficient (Wildman–Crippen LogP) is 2.81. The quantitative estimate of drug-likeness (QED) is 0.435. The van der Waals surface area contributed by atoms with Gasteiger partial charge in [0.15, 0.2) is 0 Å². The second-order valence-corrected chi connectivity index (χ2v) is 8.40. The van der Waals surface area contributed by atoms with Crippen LogP contribution in [0.3, 0.4) is 0 Å². The largest absolute Gasteiger partial charge is 0.494 e. The average Bonchev–Trinajstić information content (AvgIpc) is 3.45. The van der Waals surface area contributed by atoms with E-state index >= 15 is 0 Å². The van der Waals surface area contributed by atoms with Crippen molar-refractivity contribution < 1.29 is 18.7 Å². The van der Waals surface area contributed by atoms with Crippen molar-refractivity contribution in [3.8, 4) is 5.75 Å². The fourth-order valence-electron chi connectivity index (χ4n) is 3.76. The van der Waals surface area contributed by atoms with Gasteiger partial charge in [0.2, 0.25) is 0 Å². The fourth-order valence-corrected chi connectivity index (χ4v) is 3.76. The first-order chi connectivity index (χ1) is 15.4. The standard InChI is InChI=1S/C24H34N4O4/c1-18-7-12-22(32-18)21(28-14-4-5-15-28)17-25-23(29)24(30)26-19-8-10-20(11-9-19)31-16-6-13-27(2)3/h7-12,21H,4-6,13-17H2,1-3H3,(H,25,29)(H,26,30). The summed E-state index contributed by atoms with van der Waals surface area (Å²) in [6, 6.07) is 10.8. The number of hydrogen-bond donors (Lipinski definition) is 2. The molecule has 8 nitrogen and oxygen atoms in total. The van der Waals surface area contributed by atoms with Gasteiger partial charge in [-0.25, -0.2) is 0 Å². The van der Waals surface area contributed by atoms with E-state index in [1.165, 1.54) is 0 Å². The molecule has 1 fully saturated rings. The van der Waals surface area contributed by atoms with E-state index in [0.717, 1.165) is 56.2 Å². The van der Waals surface area contributed by atoms with E-state index in [1.54, 1.807) is 24.3 Å². The minimum absolute atomic E-state index is 0.0770. The molecule has 8 heteroatoms. The molecule has 0 bridgehead atoms. The van der Waals surface area contributed by atoms with Crippen LogP contribution in [0.25, 0.3) is 0 Å². The molecular formula is C24H34N4O4. The van der Waals surface area contributed by atoms with Crippen molar-refractivity contribution in [2.75, 3.05) is 52.2 Å². The molecule has 2 aromatic rings. The summed E-state index contributed by atoms with van der Waals surface area (Å²) in [5.41, 5.74) is 0.545. The molecule has 1 atom stereocenters. The van der Waals surface area contributed by atoms with E-state index in [4.69, 9.17) is 9.15 Å². The molecule has 0 radical (unpaired) electrons. The van der Waals surface area contributed by atoms with Gasteiger partial charge in [-0.3, -0.25) is 14.5 Å². The minimum atomic E-state index is -0.694. The van der Waals surface area contributed by atoms with E-state index in [2.05, 4.69) is 20.4 Å². The molecule has 2 amide bonds. The van der Waals surface area contributed by atoms with E-state index in [0.29, 0.717) is 18.8 Å². The first kappa shape index (κ1) is 23.8. The van der Waals surface area contributed by atoms with Crippen LogP contribution in [0.1, 0.15) is 36.8 Å². The van der Waals surface area contributed by atoms with Crippen molar-refractivity contribution in [2.45, 2.75) is 32.2 Å². The van der Waals surface area contributed by atoms with Crippen molar-refractivity contribution in [1.82, 2.24) is 15.1 Å². The monoisotopic (exact) mass is 442 g/mol. The molecular weight excluding hydrogens is 408 g/mol. The first-order valence-electron chi connectivity index (χ1n) is 11.2. The minimum Gasteiger partial charge on any atom is -0.494 e. The third kappa shape index (κ3) is 7.10. The highest BCUT2D eigenvalue weighted by Gasteiger charge is 2.27. The molecule has 3 rings (SSSR count). The van der Waals surface area contributed by atoms with Crippen LogP contribution in [0.5, 0.6) is 5.75 Å². The smallest absolute Gasteiger partial charge is 0.313 e. The van der Waals surface area contributed by atoms with Crippen molar-refractivity contribution in [3.05, 3.63) is 47.9 Å². The van der Waals surface area contributed by atoms with Crippen LogP contribution >= 0.6 is 0 Å². The van der Waals surface area contributed by atoms with Gasteiger partial charge in [0.25, 0.3) is 0 Å². The number of ether oxygens (including phenoxy) is 1. The molecule has 32 heavy (non-hydrogen) atoms. The van der Waals surface area contributed by atoms with Crippen LogP contribution in [0.15, 0.2) is 40.8 Å². The Morgan fingerprint density at radius 2 is 1.81 bits per heavy atom. The summed E-state index contributed by atoms with van der Waals surface area (Å²) in [4.78, 5) is 29.1. The number of benzene rings is 1. The summed E-state index contributed by atoms with van der Waals surface area (Å²) < 4.78 is 11.5. The summed E-state index contributed by atoms with van der Waals surface area (Å²) >= 11 is 0. The Bertz CT molecular complexity index is 872. The zero-order valence-electron chi connectivity index (χ0n) is 19.2. The zero-order valence-corrected chi connectivity index (χ0v) is 19.2. The number of furan rings is 1. The number of carbonyl (C=O) groups is 2. The molecule has 1 unspecified atom stereocenters. The van der Waals surface area contributed by atoms with Gasteiger partial charge in [0.1, 0.15) is 17.3 Å². The van der Waals surface area contributed by atoms with Crippen molar-refractivity contribution in [2.24, 2.45) is 0 Å². The summed E-state index contributed by atoms with van der Waals surface area (Å²) in [5.74, 6) is 1.01. The van der Waals surface area contributed by atoms with E-state index < -0.39 is 11.8 Å². The van der Waals surface area contributed by atoms with Gasteiger partial charge in [-0.2, -0.15) is 0 Å². The van der Waals surface area contributed by atoms with Crippen molar-refractivity contribution in [3.63, 3.8) is 0 Å². The summed E-state index contributed by atoms with van der Waals surface area (Å²) in [6.07, 6.45) is 3.18. The van der Waals surface area contributed by atoms with Gasteiger partial charge in [0.05, 0.1) is 12.6 Å². The van der Waals surface area contributed by atoms with Gasteiger partial charge >= 0.3 is 11.8 Å².